The van der Waals surface area contributed by atoms with Crippen LogP contribution in [0.3, 0.4) is 0 Å². The summed E-state index contributed by atoms with van der Waals surface area (Å²) in [5, 5.41) is 10.8. The monoisotopic (exact) mass is 384 g/mol. The second-order valence-electron chi connectivity index (χ2n) is 5.70. The molecule has 1 heterocycles. The molecule has 0 aliphatic rings. The topological polar surface area (TPSA) is 86.1 Å². The Morgan fingerprint density at radius 3 is 2.78 bits per heavy atom. The summed E-state index contributed by atoms with van der Waals surface area (Å²) in [4.78, 5) is 25.1. The van der Waals surface area contributed by atoms with E-state index in [0.29, 0.717) is 24.2 Å². The van der Waals surface area contributed by atoms with E-state index >= 15 is 0 Å². The number of aromatic nitrogens is 3. The van der Waals surface area contributed by atoms with Crippen LogP contribution in [-0.4, -0.2) is 45.8 Å². The van der Waals surface area contributed by atoms with Gasteiger partial charge in [-0.1, -0.05) is 23.4 Å². The van der Waals surface area contributed by atoms with E-state index in [1.165, 1.54) is 0 Å². The molecule has 140 valence electrons. The molecule has 0 saturated heterocycles. The average molecular weight is 384 g/mol. The summed E-state index contributed by atoms with van der Waals surface area (Å²) in [6.45, 7) is 2.85. The third kappa shape index (κ3) is 5.07. The largest absolute Gasteiger partial charge is 0.452 e. The number of aryl methyl sites for hydroxylation is 1. The summed E-state index contributed by atoms with van der Waals surface area (Å²) in [5.41, 5.74) is 1.81. The Morgan fingerprint density at radius 2 is 2.00 bits per heavy atom. The van der Waals surface area contributed by atoms with Crippen molar-refractivity contribution in [1.29, 1.82) is 0 Å². The zero-order valence-corrected chi connectivity index (χ0v) is 15.7. The van der Waals surface area contributed by atoms with Crippen LogP contribution < -0.4 is 5.32 Å². The summed E-state index contributed by atoms with van der Waals surface area (Å²) >= 11 is 1.65. The lowest BCUT2D eigenvalue weighted by Gasteiger charge is -2.07. The zero-order chi connectivity index (χ0) is 19.1. The maximum Gasteiger partial charge on any atom is 0.338 e. The van der Waals surface area contributed by atoms with Crippen molar-refractivity contribution < 1.29 is 14.3 Å². The lowest BCUT2D eigenvalue weighted by molar-refractivity contribution is -0.124. The van der Waals surface area contributed by atoms with Gasteiger partial charge < -0.3 is 10.1 Å². The van der Waals surface area contributed by atoms with Gasteiger partial charge in [-0.25, -0.2) is 9.48 Å². The number of nitrogens with zero attached hydrogens (tertiary/aromatic N) is 3. The van der Waals surface area contributed by atoms with Crippen molar-refractivity contribution >= 4 is 34.7 Å². The van der Waals surface area contributed by atoms with Crippen LogP contribution >= 0.6 is 11.8 Å². The first kappa shape index (κ1) is 18.9. The van der Waals surface area contributed by atoms with Gasteiger partial charge >= 0.3 is 5.97 Å². The van der Waals surface area contributed by atoms with E-state index in [2.05, 4.69) is 15.6 Å². The summed E-state index contributed by atoms with van der Waals surface area (Å²) < 4.78 is 6.82. The molecule has 1 N–H and O–H groups in total. The van der Waals surface area contributed by atoms with Gasteiger partial charge in [0.1, 0.15) is 5.52 Å². The first-order chi connectivity index (χ1) is 13.2. The van der Waals surface area contributed by atoms with E-state index in [0.717, 1.165) is 16.2 Å². The minimum absolute atomic E-state index is 0.311. The average Bonchev–Trinajstić information content (AvgIpc) is 3.12. The normalized spacial score (nSPS) is 10.7. The van der Waals surface area contributed by atoms with Crippen molar-refractivity contribution in [3.05, 3.63) is 54.1 Å². The van der Waals surface area contributed by atoms with Gasteiger partial charge in [0.2, 0.25) is 0 Å². The highest BCUT2D eigenvalue weighted by Crippen LogP contribution is 2.16. The van der Waals surface area contributed by atoms with Gasteiger partial charge in [-0.2, -0.15) is 0 Å². The first-order valence-corrected chi connectivity index (χ1v) is 9.61. The molecule has 0 bridgehead atoms. The number of thioether (sulfide) groups is 1. The molecule has 3 aromatic rings. The Balaban J connectivity index is 1.42. The second-order valence-corrected chi connectivity index (χ2v) is 6.86. The van der Waals surface area contributed by atoms with Gasteiger partial charge in [0.05, 0.1) is 11.1 Å². The maximum atomic E-state index is 12.1. The van der Waals surface area contributed by atoms with Gasteiger partial charge in [0.15, 0.2) is 6.61 Å². The van der Waals surface area contributed by atoms with Crippen LogP contribution in [0.25, 0.3) is 11.0 Å². The molecule has 27 heavy (non-hydrogen) atoms. The highest BCUT2D eigenvalue weighted by Gasteiger charge is 2.12. The number of carbonyl (C=O) groups is 2. The van der Waals surface area contributed by atoms with Crippen LogP contribution in [0.15, 0.2) is 53.4 Å². The molecule has 7 nitrogen and oxygen atoms in total. The lowest BCUT2D eigenvalue weighted by Crippen LogP contribution is -2.30. The van der Waals surface area contributed by atoms with Crippen molar-refractivity contribution in [2.45, 2.75) is 18.4 Å². The van der Waals surface area contributed by atoms with E-state index in [1.54, 1.807) is 34.6 Å². The summed E-state index contributed by atoms with van der Waals surface area (Å²) in [7, 11) is 0. The molecule has 1 aromatic heterocycles. The van der Waals surface area contributed by atoms with Crippen LogP contribution in [0, 0.1) is 0 Å². The molecule has 0 unspecified atom stereocenters. The van der Waals surface area contributed by atoms with Crippen LogP contribution in [0.1, 0.15) is 17.3 Å². The van der Waals surface area contributed by atoms with Crippen LogP contribution in [0.4, 0.5) is 0 Å². The van der Waals surface area contributed by atoms with Crippen molar-refractivity contribution in [2.75, 3.05) is 18.9 Å². The van der Waals surface area contributed by atoms with Gasteiger partial charge in [-0.3, -0.25) is 4.79 Å². The smallest absolute Gasteiger partial charge is 0.338 e. The Hall–Kier alpha value is -2.87. The highest BCUT2D eigenvalue weighted by atomic mass is 32.2. The Bertz CT molecular complexity index is 927. The Morgan fingerprint density at radius 1 is 1.19 bits per heavy atom. The summed E-state index contributed by atoms with van der Waals surface area (Å²) in [5.74, 6) is -0.139. The van der Waals surface area contributed by atoms with E-state index in [1.807, 2.05) is 37.3 Å². The van der Waals surface area contributed by atoms with Gasteiger partial charge in [0.25, 0.3) is 5.91 Å². The second kappa shape index (κ2) is 9.18. The fraction of sp³-hybridized carbons (Fsp3) is 0.263. The molecule has 0 spiro atoms. The molecule has 0 atom stereocenters. The van der Waals surface area contributed by atoms with E-state index < -0.39 is 5.97 Å². The number of benzene rings is 2. The summed E-state index contributed by atoms with van der Waals surface area (Å²) in [6.07, 6.45) is 0. The van der Waals surface area contributed by atoms with E-state index in [-0.39, 0.29) is 12.5 Å². The third-order valence-electron chi connectivity index (χ3n) is 3.82. The number of amides is 1. The molecule has 1 amide bonds. The fourth-order valence-corrected chi connectivity index (χ4v) is 3.26. The third-order valence-corrected chi connectivity index (χ3v) is 4.83. The number of ether oxygens (including phenoxy) is 1. The number of esters is 1. The minimum Gasteiger partial charge on any atom is -0.452 e. The molecule has 0 fully saturated rings. The molecule has 0 aliphatic carbocycles. The molecule has 0 saturated carbocycles. The fourth-order valence-electron chi connectivity index (χ4n) is 2.47. The van der Waals surface area contributed by atoms with Crippen molar-refractivity contribution in [2.24, 2.45) is 0 Å². The standard InChI is InChI=1S/C19H20N4O3S/c1-2-23-17-9-8-14(12-16(17)21-22-23)19(25)26-13-18(24)20-10-11-27-15-6-4-3-5-7-15/h3-9,12H,2,10-11,13H2,1H3,(H,20,24). The minimum atomic E-state index is -0.559. The molecular weight excluding hydrogens is 364 g/mol. The molecular formula is C19H20N4O3S. The van der Waals surface area contributed by atoms with Crippen molar-refractivity contribution in [3.63, 3.8) is 0 Å². The number of carbonyl (C=O) groups excluding carboxylic acids is 2. The maximum absolute atomic E-state index is 12.1. The first-order valence-electron chi connectivity index (χ1n) is 8.62. The van der Waals surface area contributed by atoms with Crippen LogP contribution in [-0.2, 0) is 16.1 Å². The zero-order valence-electron chi connectivity index (χ0n) is 14.9. The molecule has 0 radical (unpaired) electrons. The van der Waals surface area contributed by atoms with Crippen LogP contribution in [0.2, 0.25) is 0 Å². The lowest BCUT2D eigenvalue weighted by atomic mass is 10.2. The van der Waals surface area contributed by atoms with Crippen molar-refractivity contribution in [1.82, 2.24) is 20.3 Å². The predicted octanol–water partition coefficient (Wildman–Crippen LogP) is 2.52. The molecule has 2 aromatic carbocycles. The molecule has 3 rings (SSSR count). The molecule has 8 heteroatoms. The van der Waals surface area contributed by atoms with Gasteiger partial charge in [-0.05, 0) is 37.3 Å². The van der Waals surface area contributed by atoms with Crippen molar-refractivity contribution in [3.8, 4) is 0 Å². The Labute approximate surface area is 161 Å². The van der Waals surface area contributed by atoms with Gasteiger partial charge in [0, 0.05) is 23.7 Å². The Kier molecular flexibility index (Phi) is 6.43. The number of fused-ring (bicyclic) bond motifs is 1. The number of hydrogen-bond donors (Lipinski definition) is 1. The predicted molar refractivity (Wildman–Crippen MR) is 104 cm³/mol. The summed E-state index contributed by atoms with van der Waals surface area (Å²) in [6, 6.07) is 15.0. The van der Waals surface area contributed by atoms with Gasteiger partial charge in [-0.15, -0.1) is 16.9 Å². The SMILES string of the molecule is CCn1nnc2cc(C(=O)OCC(=O)NCCSc3ccccc3)ccc21. The highest BCUT2D eigenvalue weighted by molar-refractivity contribution is 7.99. The molecule has 0 aliphatic heterocycles. The van der Waals surface area contributed by atoms with Crippen LogP contribution in [0.5, 0.6) is 0 Å². The number of hydrogen-bond acceptors (Lipinski definition) is 6. The quantitative estimate of drug-likeness (QED) is 0.365. The number of rotatable bonds is 8. The van der Waals surface area contributed by atoms with E-state index in [4.69, 9.17) is 4.74 Å². The number of nitrogens with one attached hydrogen (secondary N) is 1. The van der Waals surface area contributed by atoms with E-state index in [9.17, 15) is 9.59 Å².